The van der Waals surface area contributed by atoms with Crippen LogP contribution in [0.2, 0.25) is 0 Å². The molecule has 0 bridgehead atoms. The number of aromatic nitrogens is 1. The molecule has 0 spiro atoms. The monoisotopic (exact) mass is 296 g/mol. The Bertz CT molecular complexity index is 474. The molecule has 6 heteroatoms. The van der Waals surface area contributed by atoms with Crippen LogP contribution in [-0.4, -0.2) is 28.3 Å². The molecule has 0 saturated carbocycles. The van der Waals surface area contributed by atoms with Crippen molar-refractivity contribution in [3.8, 4) is 0 Å². The Kier molecular flexibility index (Phi) is 3.42. The van der Waals surface area contributed by atoms with Crippen molar-refractivity contribution in [2.45, 2.75) is 19.4 Å². The zero-order valence-corrected chi connectivity index (χ0v) is 11.0. The molecule has 2 rings (SSSR count). The van der Waals surface area contributed by atoms with E-state index in [1.165, 1.54) is 0 Å². The quantitative estimate of drug-likeness (QED) is 0.928. The fraction of sp³-hybridized carbons (Fsp3) is 0.364. The van der Waals surface area contributed by atoms with E-state index in [-0.39, 0.29) is 12.1 Å². The molecule has 0 aliphatic carbocycles. The zero-order chi connectivity index (χ0) is 12.4. The number of urea groups is 1. The van der Waals surface area contributed by atoms with Crippen LogP contribution in [0.5, 0.6) is 0 Å². The van der Waals surface area contributed by atoms with Gasteiger partial charge in [-0.15, -0.1) is 0 Å². The number of carbonyl (C=O) groups is 1. The van der Waals surface area contributed by atoms with Crippen LogP contribution in [0.25, 0.3) is 0 Å². The first-order chi connectivity index (χ1) is 8.13. The van der Waals surface area contributed by atoms with Gasteiger partial charge in [0.15, 0.2) is 0 Å². The summed E-state index contributed by atoms with van der Waals surface area (Å²) in [5.41, 5.74) is 6.69. The summed E-state index contributed by atoms with van der Waals surface area (Å²) in [7, 11) is 0. The molecule has 1 atom stereocenters. The van der Waals surface area contributed by atoms with Gasteiger partial charge < -0.3 is 10.6 Å². The maximum Gasteiger partial charge on any atom is 0.346 e. The highest BCUT2D eigenvalue weighted by molar-refractivity contribution is 9.10. The largest absolute Gasteiger partial charge is 0.385 e. The molecular formula is C11H13BrN4O. The number of hydrogen-bond acceptors (Lipinski definition) is 3. The highest BCUT2D eigenvalue weighted by atomic mass is 79.9. The van der Waals surface area contributed by atoms with Crippen molar-refractivity contribution in [3.63, 3.8) is 0 Å². The van der Waals surface area contributed by atoms with Crippen molar-refractivity contribution in [3.05, 3.63) is 28.5 Å². The van der Waals surface area contributed by atoms with Crippen molar-refractivity contribution in [1.29, 1.82) is 0 Å². The lowest BCUT2D eigenvalue weighted by Gasteiger charge is -2.23. The summed E-state index contributed by atoms with van der Waals surface area (Å²) in [6.45, 7) is 2.65. The van der Waals surface area contributed by atoms with Crippen molar-refractivity contribution in [2.24, 2.45) is 10.7 Å². The SMILES string of the molecule is CCCN1C(=O)N=C(N)C1c1cncc(Br)c1. The fourth-order valence-corrected chi connectivity index (χ4v) is 2.28. The molecular weight excluding hydrogens is 284 g/mol. The lowest BCUT2D eigenvalue weighted by Crippen LogP contribution is -2.34. The number of rotatable bonds is 3. The standard InChI is InChI=1S/C11H13BrN4O/c1-2-3-16-9(10(13)15-11(16)17)7-4-8(12)6-14-5-7/h4-6,9H,2-3H2,1H3,(H2,13,15,17). The predicted octanol–water partition coefficient (Wildman–Crippen LogP) is 2.09. The van der Waals surface area contributed by atoms with E-state index < -0.39 is 0 Å². The van der Waals surface area contributed by atoms with E-state index in [2.05, 4.69) is 25.9 Å². The van der Waals surface area contributed by atoms with Gasteiger partial charge in [-0.3, -0.25) is 4.98 Å². The number of hydrogen-bond donors (Lipinski definition) is 1. The highest BCUT2D eigenvalue weighted by Gasteiger charge is 2.34. The number of aliphatic imine (C=N–C) groups is 1. The molecule has 1 aromatic heterocycles. The highest BCUT2D eigenvalue weighted by Crippen LogP contribution is 2.27. The van der Waals surface area contributed by atoms with E-state index in [0.717, 1.165) is 16.5 Å². The van der Waals surface area contributed by atoms with E-state index in [1.54, 1.807) is 17.3 Å². The molecule has 1 aromatic rings. The third-order valence-electron chi connectivity index (χ3n) is 2.57. The van der Waals surface area contributed by atoms with Crippen LogP contribution in [0.1, 0.15) is 24.9 Å². The number of amidine groups is 1. The van der Waals surface area contributed by atoms with E-state index in [9.17, 15) is 4.79 Å². The zero-order valence-electron chi connectivity index (χ0n) is 9.43. The number of pyridine rings is 1. The molecule has 5 nitrogen and oxygen atoms in total. The summed E-state index contributed by atoms with van der Waals surface area (Å²) in [6, 6.07) is 1.35. The second kappa shape index (κ2) is 4.83. The lowest BCUT2D eigenvalue weighted by atomic mass is 10.1. The Balaban J connectivity index is 2.35. The third-order valence-corrected chi connectivity index (χ3v) is 3.00. The molecule has 0 radical (unpaired) electrons. The Hall–Kier alpha value is -1.43. The van der Waals surface area contributed by atoms with Gasteiger partial charge in [0.05, 0.1) is 0 Å². The molecule has 17 heavy (non-hydrogen) atoms. The topological polar surface area (TPSA) is 71.6 Å². The van der Waals surface area contributed by atoms with Crippen LogP contribution in [0.4, 0.5) is 4.79 Å². The van der Waals surface area contributed by atoms with Gasteiger partial charge in [0.2, 0.25) is 0 Å². The maximum absolute atomic E-state index is 11.7. The van der Waals surface area contributed by atoms with Gasteiger partial charge >= 0.3 is 6.03 Å². The van der Waals surface area contributed by atoms with Crippen molar-refractivity contribution >= 4 is 27.8 Å². The van der Waals surface area contributed by atoms with Gasteiger partial charge in [0.25, 0.3) is 0 Å². The molecule has 2 amide bonds. The number of halogens is 1. The molecule has 1 aliphatic heterocycles. The van der Waals surface area contributed by atoms with Crippen LogP contribution < -0.4 is 5.73 Å². The fourth-order valence-electron chi connectivity index (χ4n) is 1.90. The predicted molar refractivity (Wildman–Crippen MR) is 68.7 cm³/mol. The Labute approximate surface area is 108 Å². The van der Waals surface area contributed by atoms with Crippen LogP contribution in [0.3, 0.4) is 0 Å². The molecule has 1 unspecified atom stereocenters. The Morgan fingerprint density at radius 3 is 2.94 bits per heavy atom. The summed E-state index contributed by atoms with van der Waals surface area (Å²) in [5.74, 6) is 0.336. The van der Waals surface area contributed by atoms with Crippen LogP contribution in [-0.2, 0) is 0 Å². The van der Waals surface area contributed by atoms with Gasteiger partial charge in [-0.25, -0.2) is 4.79 Å². The Morgan fingerprint density at radius 1 is 1.53 bits per heavy atom. The molecule has 0 fully saturated rings. The van der Waals surface area contributed by atoms with Crippen molar-refractivity contribution in [2.75, 3.05) is 6.54 Å². The van der Waals surface area contributed by atoms with E-state index in [0.29, 0.717) is 12.4 Å². The lowest BCUT2D eigenvalue weighted by molar-refractivity contribution is 0.206. The first-order valence-electron chi connectivity index (χ1n) is 5.38. The van der Waals surface area contributed by atoms with Gasteiger partial charge in [-0.1, -0.05) is 6.92 Å². The van der Waals surface area contributed by atoms with Crippen LogP contribution >= 0.6 is 15.9 Å². The molecule has 0 aromatic carbocycles. The molecule has 2 N–H and O–H groups in total. The normalized spacial score (nSPS) is 19.6. The summed E-state index contributed by atoms with van der Waals surface area (Å²) in [6.07, 6.45) is 4.27. The van der Waals surface area contributed by atoms with Crippen LogP contribution in [0, 0.1) is 0 Å². The van der Waals surface area contributed by atoms with E-state index in [4.69, 9.17) is 5.73 Å². The second-order valence-corrected chi connectivity index (χ2v) is 4.77. The number of nitrogens with two attached hydrogens (primary N) is 1. The minimum absolute atomic E-state index is 0.269. The third kappa shape index (κ3) is 2.31. The molecule has 0 saturated heterocycles. The Morgan fingerprint density at radius 2 is 2.29 bits per heavy atom. The van der Waals surface area contributed by atoms with Gasteiger partial charge in [0, 0.05) is 29.0 Å². The number of amides is 2. The van der Waals surface area contributed by atoms with Crippen LogP contribution in [0.15, 0.2) is 27.9 Å². The van der Waals surface area contributed by atoms with E-state index in [1.807, 2.05) is 13.0 Å². The smallest absolute Gasteiger partial charge is 0.346 e. The van der Waals surface area contributed by atoms with Gasteiger partial charge in [-0.05, 0) is 28.4 Å². The second-order valence-electron chi connectivity index (χ2n) is 3.85. The maximum atomic E-state index is 11.7. The van der Waals surface area contributed by atoms with Crippen molar-refractivity contribution < 1.29 is 4.79 Å². The van der Waals surface area contributed by atoms with E-state index >= 15 is 0 Å². The number of carbonyl (C=O) groups excluding carboxylic acids is 1. The molecule has 1 aliphatic rings. The summed E-state index contributed by atoms with van der Waals surface area (Å²) < 4.78 is 0.860. The van der Waals surface area contributed by atoms with Crippen molar-refractivity contribution in [1.82, 2.24) is 9.88 Å². The first-order valence-corrected chi connectivity index (χ1v) is 6.18. The summed E-state index contributed by atoms with van der Waals surface area (Å²) in [5, 5.41) is 0. The van der Waals surface area contributed by atoms with Gasteiger partial charge in [0.1, 0.15) is 11.9 Å². The molecule has 2 heterocycles. The van der Waals surface area contributed by atoms with Gasteiger partial charge in [-0.2, -0.15) is 4.99 Å². The minimum Gasteiger partial charge on any atom is -0.385 e. The summed E-state index contributed by atoms with van der Waals surface area (Å²) in [4.78, 5) is 21.2. The number of nitrogens with zero attached hydrogens (tertiary/aromatic N) is 3. The average Bonchev–Trinajstić information content (AvgIpc) is 2.54. The first kappa shape index (κ1) is 12.0. The molecule has 90 valence electrons. The summed E-state index contributed by atoms with van der Waals surface area (Å²) >= 11 is 3.36. The average molecular weight is 297 g/mol. The minimum atomic E-state index is -0.285.